The molecule has 0 aliphatic heterocycles. The Morgan fingerprint density at radius 1 is 1.31 bits per heavy atom. The monoisotopic (exact) mass is 265 g/mol. The van der Waals surface area contributed by atoms with Gasteiger partial charge >= 0.3 is 5.51 Å². The zero-order valence-corrected chi connectivity index (χ0v) is 9.67. The topological polar surface area (TPSA) is 26.0 Å². The number of thioether (sulfide) groups is 2. The van der Waals surface area contributed by atoms with Crippen molar-refractivity contribution in [2.75, 3.05) is 6.26 Å². The maximum absolute atomic E-state index is 12.1. The van der Waals surface area contributed by atoms with Gasteiger partial charge in [-0.3, -0.25) is 0 Å². The van der Waals surface area contributed by atoms with Gasteiger partial charge in [0.1, 0.15) is 5.52 Å². The molecule has 2 rings (SSSR count). The van der Waals surface area contributed by atoms with Crippen molar-refractivity contribution in [2.24, 2.45) is 0 Å². The van der Waals surface area contributed by atoms with E-state index in [4.69, 9.17) is 4.42 Å². The normalized spacial score (nSPS) is 12.2. The zero-order valence-electron chi connectivity index (χ0n) is 8.04. The number of oxazole rings is 1. The van der Waals surface area contributed by atoms with Crippen LogP contribution in [0.1, 0.15) is 0 Å². The molecule has 1 heterocycles. The van der Waals surface area contributed by atoms with Crippen LogP contribution in [-0.2, 0) is 0 Å². The Hall–Kier alpha value is -0.820. The zero-order chi connectivity index (χ0) is 11.8. The molecule has 0 atom stereocenters. The number of alkyl halides is 3. The third-order valence-corrected chi connectivity index (χ3v) is 2.99. The van der Waals surface area contributed by atoms with Gasteiger partial charge in [-0.05, 0) is 36.2 Å². The molecule has 16 heavy (non-hydrogen) atoms. The van der Waals surface area contributed by atoms with Gasteiger partial charge in [0.2, 0.25) is 0 Å². The second-order valence-electron chi connectivity index (χ2n) is 2.86. The Kier molecular flexibility index (Phi) is 3.07. The molecule has 7 heteroatoms. The van der Waals surface area contributed by atoms with Crippen molar-refractivity contribution in [1.82, 2.24) is 4.98 Å². The van der Waals surface area contributed by atoms with Gasteiger partial charge in [-0.15, -0.1) is 0 Å². The fraction of sp³-hybridized carbons (Fsp3) is 0.222. The Bertz CT molecular complexity index is 509. The number of hydrogen-bond donors (Lipinski definition) is 0. The number of rotatable bonds is 2. The van der Waals surface area contributed by atoms with Crippen molar-refractivity contribution in [3.05, 3.63) is 18.2 Å². The van der Waals surface area contributed by atoms with E-state index in [1.54, 1.807) is 6.26 Å². The molecule has 2 aromatic rings. The van der Waals surface area contributed by atoms with E-state index >= 15 is 0 Å². The van der Waals surface area contributed by atoms with Gasteiger partial charge < -0.3 is 4.42 Å². The van der Waals surface area contributed by atoms with Crippen LogP contribution < -0.4 is 0 Å². The predicted octanol–water partition coefficient (Wildman–Crippen LogP) is 4.16. The van der Waals surface area contributed by atoms with Gasteiger partial charge in [0.15, 0.2) is 5.58 Å². The predicted molar refractivity (Wildman–Crippen MR) is 57.7 cm³/mol. The van der Waals surface area contributed by atoms with Crippen LogP contribution in [0.3, 0.4) is 0 Å². The first-order valence-electron chi connectivity index (χ1n) is 4.18. The van der Waals surface area contributed by atoms with E-state index in [1.165, 1.54) is 30.0 Å². The van der Waals surface area contributed by atoms with Crippen molar-refractivity contribution in [3.8, 4) is 0 Å². The van der Waals surface area contributed by atoms with Crippen LogP contribution in [0.25, 0.3) is 11.1 Å². The van der Waals surface area contributed by atoms with Crippen LogP contribution in [0.4, 0.5) is 13.2 Å². The molecule has 0 aliphatic rings. The molecule has 0 radical (unpaired) electrons. The summed E-state index contributed by atoms with van der Waals surface area (Å²) < 4.78 is 41.6. The van der Waals surface area contributed by atoms with Crippen LogP contribution >= 0.6 is 23.5 Å². The highest BCUT2D eigenvalue weighted by molar-refractivity contribution is 8.00. The number of aromatic nitrogens is 1. The van der Waals surface area contributed by atoms with Crippen molar-refractivity contribution < 1.29 is 17.6 Å². The van der Waals surface area contributed by atoms with Gasteiger partial charge in [0.05, 0.1) is 0 Å². The number of benzene rings is 1. The van der Waals surface area contributed by atoms with Crippen LogP contribution in [0, 0.1) is 0 Å². The van der Waals surface area contributed by atoms with E-state index in [0.29, 0.717) is 16.3 Å². The van der Waals surface area contributed by atoms with Crippen molar-refractivity contribution in [2.45, 2.75) is 15.6 Å². The van der Waals surface area contributed by atoms with E-state index in [0.717, 1.165) is 0 Å². The highest BCUT2D eigenvalue weighted by atomic mass is 32.2. The molecule has 0 saturated heterocycles. The third-order valence-electron chi connectivity index (χ3n) is 1.75. The molecule has 0 bridgehead atoms. The van der Waals surface area contributed by atoms with E-state index in [9.17, 15) is 13.2 Å². The molecule has 0 fully saturated rings. The lowest BCUT2D eigenvalue weighted by atomic mass is 10.3. The summed E-state index contributed by atoms with van der Waals surface area (Å²) >= 11 is 1.15. The van der Waals surface area contributed by atoms with Gasteiger partial charge in [0, 0.05) is 4.90 Å². The summed E-state index contributed by atoms with van der Waals surface area (Å²) in [6.45, 7) is 0. The van der Waals surface area contributed by atoms with Crippen LogP contribution in [0.2, 0.25) is 0 Å². The second kappa shape index (κ2) is 4.21. The quantitative estimate of drug-likeness (QED) is 0.761. The maximum Gasteiger partial charge on any atom is 0.446 e. The summed E-state index contributed by atoms with van der Waals surface area (Å²) in [6, 6.07) is 4.24. The SMILES string of the molecule is CSc1nc2cc(SC(F)(F)F)ccc2o1. The summed E-state index contributed by atoms with van der Waals surface area (Å²) in [7, 11) is 0. The lowest BCUT2D eigenvalue weighted by Gasteiger charge is -2.04. The molecule has 0 saturated carbocycles. The second-order valence-corrected chi connectivity index (χ2v) is 4.76. The fourth-order valence-corrected chi connectivity index (χ4v) is 2.11. The first-order chi connectivity index (χ1) is 7.48. The molecule has 0 amide bonds. The van der Waals surface area contributed by atoms with Crippen molar-refractivity contribution in [3.63, 3.8) is 0 Å². The van der Waals surface area contributed by atoms with Crippen LogP contribution in [0.5, 0.6) is 0 Å². The number of hydrogen-bond acceptors (Lipinski definition) is 4. The molecule has 86 valence electrons. The Morgan fingerprint density at radius 3 is 2.69 bits per heavy atom. The Morgan fingerprint density at radius 2 is 2.06 bits per heavy atom. The minimum absolute atomic E-state index is 0.112. The average Bonchev–Trinajstić information content (AvgIpc) is 2.57. The molecule has 0 unspecified atom stereocenters. The number of halogens is 3. The van der Waals surface area contributed by atoms with Gasteiger partial charge in [-0.2, -0.15) is 13.2 Å². The van der Waals surface area contributed by atoms with Crippen molar-refractivity contribution in [1.29, 1.82) is 0 Å². The number of nitrogens with zero attached hydrogens (tertiary/aromatic N) is 1. The standard InChI is InChI=1S/C9H6F3NOS2/c1-15-8-13-6-4-5(16-9(10,11)12)2-3-7(6)14-8/h2-4H,1H3. The first-order valence-corrected chi connectivity index (χ1v) is 6.22. The van der Waals surface area contributed by atoms with Gasteiger partial charge in [-0.1, -0.05) is 11.8 Å². The summed E-state index contributed by atoms with van der Waals surface area (Å²) in [4.78, 5) is 4.15. The van der Waals surface area contributed by atoms with Gasteiger partial charge in [-0.25, -0.2) is 4.98 Å². The Labute approximate surface area is 97.6 Å². The van der Waals surface area contributed by atoms with E-state index in [2.05, 4.69) is 4.98 Å². The first kappa shape index (κ1) is 11.7. The maximum atomic E-state index is 12.1. The molecule has 2 nitrogen and oxygen atoms in total. The summed E-state index contributed by atoms with van der Waals surface area (Å²) in [5.74, 6) is 0. The summed E-state index contributed by atoms with van der Waals surface area (Å²) in [5.41, 5.74) is -3.34. The molecule has 1 aromatic carbocycles. The summed E-state index contributed by atoms with van der Waals surface area (Å²) in [6.07, 6.45) is 1.79. The smallest absolute Gasteiger partial charge is 0.431 e. The molecule has 0 aliphatic carbocycles. The van der Waals surface area contributed by atoms with E-state index < -0.39 is 5.51 Å². The fourth-order valence-electron chi connectivity index (χ4n) is 1.17. The molecule has 0 N–H and O–H groups in total. The minimum Gasteiger partial charge on any atom is -0.431 e. The highest BCUT2D eigenvalue weighted by Crippen LogP contribution is 2.38. The lowest BCUT2D eigenvalue weighted by Crippen LogP contribution is -1.98. The molecule has 1 aromatic heterocycles. The largest absolute Gasteiger partial charge is 0.446 e. The van der Waals surface area contributed by atoms with Crippen molar-refractivity contribution >= 4 is 34.6 Å². The molecular formula is C9H6F3NOS2. The molecule has 0 spiro atoms. The highest BCUT2D eigenvalue weighted by Gasteiger charge is 2.29. The van der Waals surface area contributed by atoms with Crippen LogP contribution in [0.15, 0.2) is 32.7 Å². The third kappa shape index (κ3) is 2.65. The summed E-state index contributed by atoms with van der Waals surface area (Å²) in [5, 5.41) is 0.448. The minimum atomic E-state index is -4.28. The van der Waals surface area contributed by atoms with E-state index in [-0.39, 0.29) is 16.7 Å². The van der Waals surface area contributed by atoms with Crippen LogP contribution in [-0.4, -0.2) is 16.7 Å². The Balaban J connectivity index is 2.36. The average molecular weight is 265 g/mol. The molecular weight excluding hydrogens is 259 g/mol. The lowest BCUT2D eigenvalue weighted by molar-refractivity contribution is -0.0328. The van der Waals surface area contributed by atoms with Gasteiger partial charge in [0.25, 0.3) is 5.22 Å². The van der Waals surface area contributed by atoms with E-state index in [1.807, 2.05) is 0 Å². The number of fused-ring (bicyclic) bond motifs is 1.